The van der Waals surface area contributed by atoms with Crippen molar-refractivity contribution in [2.24, 2.45) is 5.92 Å². The summed E-state index contributed by atoms with van der Waals surface area (Å²) in [6.45, 7) is 1.61. The van der Waals surface area contributed by atoms with E-state index in [1.165, 1.54) is 0 Å². The molecule has 0 bridgehead atoms. The Morgan fingerprint density at radius 3 is 2.88 bits per heavy atom. The fourth-order valence-corrected chi connectivity index (χ4v) is 3.39. The van der Waals surface area contributed by atoms with Crippen LogP contribution in [0.25, 0.3) is 11.4 Å². The van der Waals surface area contributed by atoms with Gasteiger partial charge in [-0.1, -0.05) is 30.3 Å². The molecule has 1 amide bonds. The second-order valence-electron chi connectivity index (χ2n) is 6.71. The first-order valence-corrected chi connectivity index (χ1v) is 8.91. The molecule has 132 valence electrons. The van der Waals surface area contributed by atoms with Crippen LogP contribution in [0.5, 0.6) is 0 Å². The first-order chi connectivity index (χ1) is 12.8. The first kappa shape index (κ1) is 16.4. The lowest BCUT2D eigenvalue weighted by molar-refractivity contribution is -0.129. The molecule has 1 fully saturated rings. The van der Waals surface area contributed by atoms with Crippen LogP contribution in [0.1, 0.15) is 17.8 Å². The molecule has 4 rings (SSSR count). The lowest BCUT2D eigenvalue weighted by Crippen LogP contribution is -2.30. The number of carbonyl (C=O) groups is 1. The van der Waals surface area contributed by atoms with E-state index in [1.54, 1.807) is 12.4 Å². The quantitative estimate of drug-likeness (QED) is 0.769. The van der Waals surface area contributed by atoms with Crippen LogP contribution in [0.15, 0.2) is 54.9 Å². The second-order valence-corrected chi connectivity index (χ2v) is 6.71. The molecule has 2 aromatic heterocycles. The fourth-order valence-electron chi connectivity index (χ4n) is 3.39. The molecule has 6 nitrogen and oxygen atoms in total. The minimum atomic E-state index is 0.201. The Morgan fingerprint density at radius 2 is 2.08 bits per heavy atom. The summed E-state index contributed by atoms with van der Waals surface area (Å²) in [5.74, 6) is 2.16. The van der Waals surface area contributed by atoms with Gasteiger partial charge in [0.25, 0.3) is 0 Å². The maximum atomic E-state index is 12.5. The molecule has 26 heavy (non-hydrogen) atoms. The normalized spacial score (nSPS) is 16.8. The molecule has 1 saturated heterocycles. The zero-order chi connectivity index (χ0) is 17.8. The summed E-state index contributed by atoms with van der Waals surface area (Å²) in [6, 6.07) is 13.7. The first-order valence-electron chi connectivity index (χ1n) is 8.91. The van der Waals surface area contributed by atoms with Crippen molar-refractivity contribution in [1.82, 2.24) is 25.1 Å². The lowest BCUT2D eigenvalue weighted by Gasteiger charge is -2.16. The van der Waals surface area contributed by atoms with Crippen molar-refractivity contribution in [3.05, 3.63) is 66.2 Å². The number of hydrogen-bond acceptors (Lipinski definition) is 4. The highest BCUT2D eigenvalue weighted by atomic mass is 16.2. The van der Waals surface area contributed by atoms with Crippen molar-refractivity contribution < 1.29 is 4.79 Å². The molecule has 1 N–H and O–H groups in total. The summed E-state index contributed by atoms with van der Waals surface area (Å²) in [6.07, 6.45) is 5.77. The van der Waals surface area contributed by atoms with Crippen molar-refractivity contribution in [1.29, 1.82) is 0 Å². The van der Waals surface area contributed by atoms with Crippen LogP contribution in [0, 0.1) is 5.92 Å². The molecule has 0 radical (unpaired) electrons. The monoisotopic (exact) mass is 347 g/mol. The van der Waals surface area contributed by atoms with E-state index in [1.807, 2.05) is 47.4 Å². The summed E-state index contributed by atoms with van der Waals surface area (Å²) in [4.78, 5) is 23.1. The minimum absolute atomic E-state index is 0.201. The molecular formula is C20H21N5O. The maximum absolute atomic E-state index is 12.5. The van der Waals surface area contributed by atoms with Gasteiger partial charge in [0.2, 0.25) is 5.91 Å². The van der Waals surface area contributed by atoms with Crippen molar-refractivity contribution in [2.45, 2.75) is 19.3 Å². The topological polar surface area (TPSA) is 74.8 Å². The number of nitrogens with one attached hydrogen (secondary N) is 1. The number of hydrogen-bond donors (Lipinski definition) is 1. The Labute approximate surface area is 152 Å². The molecule has 0 spiro atoms. The predicted molar refractivity (Wildman–Crippen MR) is 98.2 cm³/mol. The van der Waals surface area contributed by atoms with E-state index in [0.717, 1.165) is 42.9 Å². The van der Waals surface area contributed by atoms with Crippen LogP contribution in [-0.2, 0) is 17.6 Å². The molecule has 1 atom stereocenters. The molecule has 1 aromatic carbocycles. The van der Waals surface area contributed by atoms with E-state index in [4.69, 9.17) is 0 Å². The average molecular weight is 347 g/mol. The largest absolute Gasteiger partial charge is 0.342 e. The van der Waals surface area contributed by atoms with Crippen LogP contribution in [-0.4, -0.2) is 44.1 Å². The molecule has 1 aliphatic rings. The molecule has 1 aliphatic heterocycles. The molecule has 3 heterocycles. The molecule has 3 aromatic rings. The van der Waals surface area contributed by atoms with Gasteiger partial charge in [-0.05, 0) is 30.0 Å². The van der Waals surface area contributed by atoms with Crippen LogP contribution in [0.2, 0.25) is 0 Å². The van der Waals surface area contributed by atoms with Crippen molar-refractivity contribution in [3.8, 4) is 11.4 Å². The lowest BCUT2D eigenvalue weighted by atomic mass is 10.0. The Hall–Kier alpha value is -3.02. The summed E-state index contributed by atoms with van der Waals surface area (Å²) in [5, 5.41) is 7.30. The third-order valence-corrected chi connectivity index (χ3v) is 4.77. The standard InChI is InChI=1S/C20H21N5O/c26-19(12-15-5-2-1-3-6-15)25-10-8-16(14-25)11-18-22-20(24-23-18)17-7-4-9-21-13-17/h1-7,9,13,16H,8,10-12,14H2,(H,22,23,24). The average Bonchev–Trinajstić information content (AvgIpc) is 3.33. The van der Waals surface area contributed by atoms with E-state index in [2.05, 4.69) is 20.2 Å². The molecule has 0 aliphatic carbocycles. The van der Waals surface area contributed by atoms with Gasteiger partial charge in [-0.15, -0.1) is 0 Å². The number of likely N-dealkylation sites (tertiary alicyclic amines) is 1. The highest BCUT2D eigenvalue weighted by Crippen LogP contribution is 2.21. The van der Waals surface area contributed by atoms with Gasteiger partial charge < -0.3 is 4.90 Å². The predicted octanol–water partition coefficient (Wildman–Crippen LogP) is 2.50. The number of aromatic nitrogens is 4. The van der Waals surface area contributed by atoms with Gasteiger partial charge in [0.1, 0.15) is 5.82 Å². The van der Waals surface area contributed by atoms with Crippen LogP contribution < -0.4 is 0 Å². The molecular weight excluding hydrogens is 326 g/mol. The summed E-state index contributed by atoms with van der Waals surface area (Å²) in [7, 11) is 0. The number of aromatic amines is 1. The van der Waals surface area contributed by atoms with Crippen LogP contribution >= 0.6 is 0 Å². The van der Waals surface area contributed by atoms with E-state index in [0.29, 0.717) is 18.2 Å². The molecule has 6 heteroatoms. The Morgan fingerprint density at radius 1 is 1.19 bits per heavy atom. The number of carbonyl (C=O) groups excluding carboxylic acids is 1. The van der Waals surface area contributed by atoms with Crippen molar-refractivity contribution in [2.75, 3.05) is 13.1 Å². The number of rotatable bonds is 5. The van der Waals surface area contributed by atoms with Crippen LogP contribution in [0.3, 0.4) is 0 Å². The highest BCUT2D eigenvalue weighted by molar-refractivity contribution is 5.79. The van der Waals surface area contributed by atoms with Gasteiger partial charge in [0.15, 0.2) is 5.82 Å². The smallest absolute Gasteiger partial charge is 0.226 e. The third-order valence-electron chi connectivity index (χ3n) is 4.77. The number of nitrogens with zero attached hydrogens (tertiary/aromatic N) is 4. The number of H-pyrrole nitrogens is 1. The minimum Gasteiger partial charge on any atom is -0.342 e. The van der Waals surface area contributed by atoms with E-state index >= 15 is 0 Å². The highest BCUT2D eigenvalue weighted by Gasteiger charge is 2.27. The fraction of sp³-hybridized carbons (Fsp3) is 0.300. The van der Waals surface area contributed by atoms with Gasteiger partial charge >= 0.3 is 0 Å². The van der Waals surface area contributed by atoms with E-state index in [-0.39, 0.29) is 5.91 Å². The second kappa shape index (κ2) is 7.47. The molecule has 0 saturated carbocycles. The zero-order valence-corrected chi connectivity index (χ0v) is 14.5. The number of amides is 1. The Bertz CT molecular complexity index is 862. The number of pyridine rings is 1. The Kier molecular flexibility index (Phi) is 4.73. The van der Waals surface area contributed by atoms with Gasteiger partial charge in [-0.25, -0.2) is 4.98 Å². The van der Waals surface area contributed by atoms with Gasteiger partial charge in [-0.3, -0.25) is 14.9 Å². The van der Waals surface area contributed by atoms with Gasteiger partial charge in [0.05, 0.1) is 6.42 Å². The van der Waals surface area contributed by atoms with Crippen molar-refractivity contribution >= 4 is 5.91 Å². The SMILES string of the molecule is O=C(Cc1ccccc1)N1CCC(Cc2nc(-c3cccnc3)n[nH]2)C1. The third kappa shape index (κ3) is 3.79. The zero-order valence-electron chi connectivity index (χ0n) is 14.5. The van der Waals surface area contributed by atoms with Gasteiger partial charge in [-0.2, -0.15) is 5.10 Å². The Balaban J connectivity index is 1.33. The van der Waals surface area contributed by atoms with E-state index < -0.39 is 0 Å². The van der Waals surface area contributed by atoms with E-state index in [9.17, 15) is 4.79 Å². The number of benzene rings is 1. The summed E-state index contributed by atoms with van der Waals surface area (Å²) >= 11 is 0. The summed E-state index contributed by atoms with van der Waals surface area (Å²) < 4.78 is 0. The summed E-state index contributed by atoms with van der Waals surface area (Å²) in [5.41, 5.74) is 1.97. The molecule has 1 unspecified atom stereocenters. The van der Waals surface area contributed by atoms with Gasteiger partial charge in [0, 0.05) is 37.5 Å². The van der Waals surface area contributed by atoms with Crippen molar-refractivity contribution in [3.63, 3.8) is 0 Å². The van der Waals surface area contributed by atoms with Crippen LogP contribution in [0.4, 0.5) is 0 Å². The maximum Gasteiger partial charge on any atom is 0.226 e.